The fraction of sp³-hybridized carbons (Fsp3) is 0.133. The Kier molecular flexibility index (Phi) is 5.03. The van der Waals surface area contributed by atoms with Gasteiger partial charge in [0.15, 0.2) is 0 Å². The van der Waals surface area contributed by atoms with Gasteiger partial charge in [0.1, 0.15) is 5.78 Å². The number of ketones is 1. The average Bonchev–Trinajstić information content (AvgIpc) is 2.34. The van der Waals surface area contributed by atoms with E-state index in [1.54, 1.807) is 18.2 Å². The van der Waals surface area contributed by atoms with Crippen molar-refractivity contribution in [3.63, 3.8) is 0 Å². The molecule has 0 N–H and O–H groups in total. The Balaban J connectivity index is 2.10. The molecule has 2 rings (SSSR count). The molecule has 0 fully saturated rings. The van der Waals surface area contributed by atoms with E-state index in [0.29, 0.717) is 22.0 Å². The van der Waals surface area contributed by atoms with Gasteiger partial charge in [-0.2, -0.15) is 0 Å². The van der Waals surface area contributed by atoms with Crippen LogP contribution >= 0.6 is 39.1 Å². The Hall–Kier alpha value is -0.830. The molecule has 2 aromatic rings. The number of hydrogen-bond donors (Lipinski definition) is 0. The van der Waals surface area contributed by atoms with Crippen LogP contribution in [0.1, 0.15) is 11.1 Å². The molecule has 19 heavy (non-hydrogen) atoms. The summed E-state index contributed by atoms with van der Waals surface area (Å²) in [7, 11) is 0. The van der Waals surface area contributed by atoms with Crippen molar-refractivity contribution in [1.29, 1.82) is 0 Å². The Bertz CT molecular complexity index is 591. The van der Waals surface area contributed by atoms with Crippen LogP contribution < -0.4 is 0 Å². The second-order valence-corrected chi connectivity index (χ2v) is 5.95. The second-order valence-electron chi connectivity index (χ2n) is 4.22. The zero-order chi connectivity index (χ0) is 13.8. The van der Waals surface area contributed by atoms with Gasteiger partial charge in [0.25, 0.3) is 0 Å². The Morgan fingerprint density at radius 1 is 1.00 bits per heavy atom. The van der Waals surface area contributed by atoms with Crippen LogP contribution in [0.25, 0.3) is 0 Å². The SMILES string of the molecule is O=C(Cc1cccc(Br)c1)Cc1c(Cl)cccc1Cl. The highest BCUT2D eigenvalue weighted by Crippen LogP contribution is 2.25. The summed E-state index contributed by atoms with van der Waals surface area (Å²) in [6.45, 7) is 0. The highest BCUT2D eigenvalue weighted by molar-refractivity contribution is 9.10. The van der Waals surface area contributed by atoms with Gasteiger partial charge in [0, 0.05) is 27.4 Å². The minimum atomic E-state index is 0.0908. The molecule has 0 saturated carbocycles. The predicted molar refractivity (Wildman–Crippen MR) is 83.0 cm³/mol. The first kappa shape index (κ1) is 14.6. The molecule has 0 aliphatic rings. The highest BCUT2D eigenvalue weighted by atomic mass is 79.9. The highest BCUT2D eigenvalue weighted by Gasteiger charge is 2.11. The zero-order valence-corrected chi connectivity index (χ0v) is 13.1. The average molecular weight is 358 g/mol. The van der Waals surface area contributed by atoms with E-state index < -0.39 is 0 Å². The van der Waals surface area contributed by atoms with Gasteiger partial charge in [-0.05, 0) is 35.4 Å². The summed E-state index contributed by atoms with van der Waals surface area (Å²) in [5.74, 6) is 0.0908. The summed E-state index contributed by atoms with van der Waals surface area (Å²) < 4.78 is 0.966. The van der Waals surface area contributed by atoms with Crippen LogP contribution in [0.5, 0.6) is 0 Å². The maximum absolute atomic E-state index is 12.1. The lowest BCUT2D eigenvalue weighted by Gasteiger charge is -2.06. The normalized spacial score (nSPS) is 10.5. The number of rotatable bonds is 4. The molecule has 0 spiro atoms. The van der Waals surface area contributed by atoms with Crippen molar-refractivity contribution in [3.05, 3.63) is 68.1 Å². The number of hydrogen-bond acceptors (Lipinski definition) is 1. The van der Waals surface area contributed by atoms with Crippen molar-refractivity contribution in [2.45, 2.75) is 12.8 Å². The van der Waals surface area contributed by atoms with E-state index >= 15 is 0 Å². The van der Waals surface area contributed by atoms with E-state index in [9.17, 15) is 4.79 Å². The number of benzene rings is 2. The maximum atomic E-state index is 12.1. The number of carbonyl (C=O) groups is 1. The smallest absolute Gasteiger partial charge is 0.141 e. The molecule has 0 aliphatic heterocycles. The van der Waals surface area contributed by atoms with Gasteiger partial charge in [-0.3, -0.25) is 4.79 Å². The van der Waals surface area contributed by atoms with Crippen molar-refractivity contribution >= 4 is 44.9 Å². The van der Waals surface area contributed by atoms with Gasteiger partial charge in [-0.15, -0.1) is 0 Å². The molecule has 98 valence electrons. The Labute approximate surface area is 130 Å². The molecule has 2 aromatic carbocycles. The minimum Gasteiger partial charge on any atom is -0.299 e. The zero-order valence-electron chi connectivity index (χ0n) is 10.00. The summed E-state index contributed by atoms with van der Waals surface area (Å²) in [6, 6.07) is 13.0. The van der Waals surface area contributed by atoms with Crippen molar-refractivity contribution in [1.82, 2.24) is 0 Å². The summed E-state index contributed by atoms with van der Waals surface area (Å²) in [5, 5.41) is 1.07. The molecular weight excluding hydrogens is 347 g/mol. The molecule has 0 amide bonds. The van der Waals surface area contributed by atoms with Crippen molar-refractivity contribution < 1.29 is 4.79 Å². The monoisotopic (exact) mass is 356 g/mol. The molecular formula is C15H11BrCl2O. The molecule has 0 heterocycles. The van der Waals surface area contributed by atoms with Gasteiger partial charge in [-0.25, -0.2) is 0 Å². The van der Waals surface area contributed by atoms with Gasteiger partial charge in [-0.1, -0.05) is 57.3 Å². The van der Waals surface area contributed by atoms with Crippen molar-refractivity contribution in [3.8, 4) is 0 Å². The van der Waals surface area contributed by atoms with Gasteiger partial charge in [0.2, 0.25) is 0 Å². The van der Waals surface area contributed by atoms with Crippen LogP contribution in [0.2, 0.25) is 10.0 Å². The first-order chi connectivity index (χ1) is 9.06. The number of halogens is 3. The van der Waals surface area contributed by atoms with E-state index in [2.05, 4.69) is 15.9 Å². The summed E-state index contributed by atoms with van der Waals surface area (Å²) >= 11 is 15.5. The van der Waals surface area contributed by atoms with Crippen LogP contribution in [0.15, 0.2) is 46.9 Å². The fourth-order valence-electron chi connectivity index (χ4n) is 1.84. The molecule has 0 aliphatic carbocycles. The lowest BCUT2D eigenvalue weighted by Crippen LogP contribution is -2.07. The van der Waals surface area contributed by atoms with E-state index in [1.165, 1.54) is 0 Å². The molecule has 0 atom stereocenters. The minimum absolute atomic E-state index is 0.0908. The van der Waals surface area contributed by atoms with Crippen molar-refractivity contribution in [2.75, 3.05) is 0 Å². The third kappa shape index (κ3) is 4.07. The van der Waals surface area contributed by atoms with Crippen LogP contribution in [-0.4, -0.2) is 5.78 Å². The quantitative estimate of drug-likeness (QED) is 0.743. The predicted octanol–water partition coefficient (Wildman–Crippen LogP) is 5.11. The summed E-state index contributed by atoms with van der Waals surface area (Å²) in [6.07, 6.45) is 0.631. The summed E-state index contributed by atoms with van der Waals surface area (Å²) in [5.41, 5.74) is 1.67. The van der Waals surface area contributed by atoms with E-state index in [1.807, 2.05) is 24.3 Å². The van der Waals surface area contributed by atoms with Gasteiger partial charge in [0.05, 0.1) is 0 Å². The molecule has 0 radical (unpaired) electrons. The largest absolute Gasteiger partial charge is 0.299 e. The molecule has 0 bridgehead atoms. The first-order valence-corrected chi connectivity index (χ1v) is 7.30. The third-order valence-corrected chi connectivity index (χ3v) is 3.93. The molecule has 0 aromatic heterocycles. The number of Topliss-reactive ketones (excluding diaryl/α,β-unsaturated/α-hetero) is 1. The summed E-state index contributed by atoms with van der Waals surface area (Å²) in [4.78, 5) is 12.1. The first-order valence-electron chi connectivity index (χ1n) is 5.75. The fourth-order valence-corrected chi connectivity index (χ4v) is 2.81. The lowest BCUT2D eigenvalue weighted by molar-refractivity contribution is -0.117. The van der Waals surface area contributed by atoms with E-state index in [4.69, 9.17) is 23.2 Å². The molecule has 0 saturated heterocycles. The van der Waals surface area contributed by atoms with Gasteiger partial charge < -0.3 is 0 Å². The third-order valence-electron chi connectivity index (χ3n) is 2.73. The standard InChI is InChI=1S/C15H11BrCl2O/c16-11-4-1-3-10(7-11)8-12(19)9-13-14(17)5-2-6-15(13)18/h1-7H,8-9H2. The van der Waals surface area contributed by atoms with Gasteiger partial charge >= 0.3 is 0 Å². The van der Waals surface area contributed by atoms with Crippen LogP contribution in [0.4, 0.5) is 0 Å². The van der Waals surface area contributed by atoms with Crippen LogP contribution in [0, 0.1) is 0 Å². The van der Waals surface area contributed by atoms with Crippen molar-refractivity contribution in [2.24, 2.45) is 0 Å². The van der Waals surface area contributed by atoms with E-state index in [0.717, 1.165) is 10.0 Å². The molecule has 1 nitrogen and oxygen atoms in total. The van der Waals surface area contributed by atoms with Crippen LogP contribution in [0.3, 0.4) is 0 Å². The Morgan fingerprint density at radius 3 is 2.26 bits per heavy atom. The lowest BCUT2D eigenvalue weighted by atomic mass is 10.0. The topological polar surface area (TPSA) is 17.1 Å². The second kappa shape index (κ2) is 6.56. The molecule has 4 heteroatoms. The van der Waals surface area contributed by atoms with Crippen LogP contribution in [-0.2, 0) is 17.6 Å². The molecule has 0 unspecified atom stereocenters. The maximum Gasteiger partial charge on any atom is 0.141 e. The van der Waals surface area contributed by atoms with E-state index in [-0.39, 0.29) is 12.2 Å². The Morgan fingerprint density at radius 2 is 1.63 bits per heavy atom. The number of carbonyl (C=O) groups excluding carboxylic acids is 1.